The van der Waals surface area contributed by atoms with Gasteiger partial charge in [-0.3, -0.25) is 4.79 Å². The largest absolute Gasteiger partial charge is 0.339 e. The molecule has 1 aliphatic heterocycles. The number of hydrogen-bond acceptors (Lipinski definition) is 5. The molecule has 1 fully saturated rings. The van der Waals surface area contributed by atoms with E-state index in [-0.39, 0.29) is 11.9 Å². The Bertz CT molecular complexity index is 432. The van der Waals surface area contributed by atoms with Crippen LogP contribution < -0.4 is 5.73 Å². The van der Waals surface area contributed by atoms with Crippen LogP contribution in [0.5, 0.6) is 0 Å². The highest BCUT2D eigenvalue weighted by molar-refractivity contribution is 5.76. The summed E-state index contributed by atoms with van der Waals surface area (Å²) in [6.07, 6.45) is 3.12. The predicted molar refractivity (Wildman–Crippen MR) is 70.3 cm³/mol. The summed E-state index contributed by atoms with van der Waals surface area (Å²) in [5.74, 6) is 1.75. The minimum absolute atomic E-state index is 0.137. The van der Waals surface area contributed by atoms with Crippen LogP contribution in [0.1, 0.15) is 37.9 Å². The molecular formula is C13H22N4O2. The normalized spacial score (nSPS) is 23.6. The smallest absolute Gasteiger partial charge is 0.227 e. The zero-order valence-corrected chi connectivity index (χ0v) is 11.6. The zero-order chi connectivity index (χ0) is 13.8. The van der Waals surface area contributed by atoms with Crippen molar-refractivity contribution in [2.24, 2.45) is 11.7 Å². The Hall–Kier alpha value is -1.43. The second-order valence-electron chi connectivity index (χ2n) is 5.25. The number of piperidine rings is 1. The summed E-state index contributed by atoms with van der Waals surface area (Å²) < 4.78 is 5.02. The maximum Gasteiger partial charge on any atom is 0.227 e. The molecule has 1 aliphatic rings. The molecule has 0 aromatic carbocycles. The first-order valence-corrected chi connectivity index (χ1v) is 6.90. The maximum absolute atomic E-state index is 12.3. The van der Waals surface area contributed by atoms with E-state index in [9.17, 15) is 4.79 Å². The first kappa shape index (κ1) is 14.0. The molecule has 0 radical (unpaired) electrons. The van der Waals surface area contributed by atoms with Gasteiger partial charge >= 0.3 is 0 Å². The molecule has 0 saturated carbocycles. The number of nitrogens with two attached hydrogens (primary N) is 1. The van der Waals surface area contributed by atoms with Gasteiger partial charge in [0.2, 0.25) is 11.8 Å². The van der Waals surface area contributed by atoms with Gasteiger partial charge in [-0.1, -0.05) is 12.1 Å². The summed E-state index contributed by atoms with van der Waals surface area (Å²) in [6, 6.07) is 0.172. The number of carbonyl (C=O) groups is 1. The quantitative estimate of drug-likeness (QED) is 0.875. The lowest BCUT2D eigenvalue weighted by atomic mass is 9.90. The van der Waals surface area contributed by atoms with Crippen LogP contribution in [0.4, 0.5) is 0 Å². The minimum atomic E-state index is 0.137. The lowest BCUT2D eigenvalue weighted by Gasteiger charge is -2.39. The van der Waals surface area contributed by atoms with E-state index in [1.807, 2.05) is 4.90 Å². The van der Waals surface area contributed by atoms with Crippen molar-refractivity contribution < 1.29 is 9.32 Å². The molecule has 2 rings (SSSR count). The number of rotatable bonds is 4. The molecule has 19 heavy (non-hydrogen) atoms. The fourth-order valence-corrected chi connectivity index (χ4v) is 2.72. The van der Waals surface area contributed by atoms with Crippen molar-refractivity contribution in [1.82, 2.24) is 15.0 Å². The summed E-state index contributed by atoms with van der Waals surface area (Å²) in [5.41, 5.74) is 5.80. The number of likely N-dealkylation sites (tertiary alicyclic amines) is 1. The molecular weight excluding hydrogens is 244 g/mol. The van der Waals surface area contributed by atoms with Crippen molar-refractivity contribution in [3.8, 4) is 0 Å². The monoisotopic (exact) mass is 266 g/mol. The molecule has 2 atom stereocenters. The minimum Gasteiger partial charge on any atom is -0.339 e. The van der Waals surface area contributed by atoms with Crippen molar-refractivity contribution in [3.63, 3.8) is 0 Å². The van der Waals surface area contributed by atoms with Gasteiger partial charge in [0.15, 0.2) is 5.82 Å². The molecule has 2 N–H and O–H groups in total. The summed E-state index contributed by atoms with van der Waals surface area (Å²) in [7, 11) is 0. The number of aromatic nitrogens is 2. The highest BCUT2D eigenvalue weighted by Gasteiger charge is 2.30. The molecule has 1 saturated heterocycles. The third kappa shape index (κ3) is 3.32. The van der Waals surface area contributed by atoms with Crippen LogP contribution in [-0.4, -0.2) is 40.1 Å². The first-order valence-electron chi connectivity index (χ1n) is 6.90. The lowest BCUT2D eigenvalue weighted by Crippen LogP contribution is -2.51. The first-order chi connectivity index (χ1) is 9.11. The Kier molecular flexibility index (Phi) is 4.52. The number of nitrogens with zero attached hydrogens (tertiary/aromatic N) is 3. The van der Waals surface area contributed by atoms with Crippen LogP contribution >= 0.6 is 0 Å². The van der Waals surface area contributed by atoms with Crippen LogP contribution in [0, 0.1) is 12.8 Å². The fourth-order valence-electron chi connectivity index (χ4n) is 2.72. The third-order valence-corrected chi connectivity index (χ3v) is 3.80. The van der Waals surface area contributed by atoms with E-state index in [0.29, 0.717) is 37.0 Å². The predicted octanol–water partition coefficient (Wildman–Crippen LogP) is 0.896. The van der Waals surface area contributed by atoms with Crippen LogP contribution in [0.15, 0.2) is 4.52 Å². The zero-order valence-electron chi connectivity index (χ0n) is 11.6. The van der Waals surface area contributed by atoms with Crippen molar-refractivity contribution >= 4 is 5.91 Å². The van der Waals surface area contributed by atoms with E-state index in [2.05, 4.69) is 17.1 Å². The van der Waals surface area contributed by atoms with Gasteiger partial charge in [0.1, 0.15) is 0 Å². The van der Waals surface area contributed by atoms with E-state index in [1.54, 1.807) is 6.92 Å². The Morgan fingerprint density at radius 3 is 3.00 bits per heavy atom. The highest BCUT2D eigenvalue weighted by atomic mass is 16.5. The average Bonchev–Trinajstić information content (AvgIpc) is 2.81. The van der Waals surface area contributed by atoms with Crippen molar-refractivity contribution in [3.05, 3.63) is 11.7 Å². The molecule has 0 aliphatic carbocycles. The SMILES string of the molecule is Cc1noc(CCC(=O)N2CCC[C@@H](C)[C@H]2CN)n1. The van der Waals surface area contributed by atoms with Crippen LogP contribution in [0.25, 0.3) is 0 Å². The molecule has 2 heterocycles. The Morgan fingerprint density at radius 1 is 1.58 bits per heavy atom. The molecule has 1 aromatic heterocycles. The van der Waals surface area contributed by atoms with Crippen molar-refractivity contribution in [1.29, 1.82) is 0 Å². The Morgan fingerprint density at radius 2 is 2.37 bits per heavy atom. The second-order valence-corrected chi connectivity index (χ2v) is 5.25. The summed E-state index contributed by atoms with van der Waals surface area (Å²) in [5, 5.41) is 3.72. The number of hydrogen-bond donors (Lipinski definition) is 1. The average molecular weight is 266 g/mol. The summed E-state index contributed by atoms with van der Waals surface area (Å²) in [4.78, 5) is 18.3. The highest BCUT2D eigenvalue weighted by Crippen LogP contribution is 2.23. The van der Waals surface area contributed by atoms with Gasteiger partial charge in [-0.25, -0.2) is 0 Å². The third-order valence-electron chi connectivity index (χ3n) is 3.80. The molecule has 6 nitrogen and oxygen atoms in total. The summed E-state index contributed by atoms with van der Waals surface area (Å²) >= 11 is 0. The molecule has 106 valence electrons. The second kappa shape index (κ2) is 6.14. The standard InChI is InChI=1S/C13H22N4O2/c1-9-4-3-7-17(11(9)8-14)13(18)6-5-12-15-10(2)16-19-12/h9,11H,3-8,14H2,1-2H3/t9-,11-/m1/s1. The lowest BCUT2D eigenvalue weighted by molar-refractivity contribution is -0.136. The van der Waals surface area contributed by atoms with E-state index in [1.165, 1.54) is 0 Å². The van der Waals surface area contributed by atoms with Crippen molar-refractivity contribution in [2.45, 2.75) is 45.6 Å². The number of amides is 1. The molecule has 0 spiro atoms. The molecule has 1 aromatic rings. The van der Waals surface area contributed by atoms with E-state index >= 15 is 0 Å². The molecule has 0 bridgehead atoms. The van der Waals surface area contributed by atoms with Gasteiger partial charge in [-0.15, -0.1) is 0 Å². The van der Waals surface area contributed by atoms with Gasteiger partial charge in [0.25, 0.3) is 0 Å². The van der Waals surface area contributed by atoms with Gasteiger partial charge in [-0.05, 0) is 25.7 Å². The molecule has 6 heteroatoms. The van der Waals surface area contributed by atoms with Crippen LogP contribution in [0.2, 0.25) is 0 Å². The van der Waals surface area contributed by atoms with Gasteiger partial charge in [0.05, 0.1) is 0 Å². The Labute approximate surface area is 113 Å². The molecule has 1 amide bonds. The number of aryl methyl sites for hydroxylation is 2. The van der Waals surface area contributed by atoms with E-state index in [0.717, 1.165) is 19.4 Å². The summed E-state index contributed by atoms with van der Waals surface area (Å²) in [6.45, 7) is 5.28. The van der Waals surface area contributed by atoms with Gasteiger partial charge in [0, 0.05) is 32.0 Å². The maximum atomic E-state index is 12.3. The molecule has 0 unspecified atom stereocenters. The Balaban J connectivity index is 1.91. The van der Waals surface area contributed by atoms with Gasteiger partial charge in [-0.2, -0.15) is 4.98 Å². The van der Waals surface area contributed by atoms with Crippen molar-refractivity contribution in [2.75, 3.05) is 13.1 Å². The van der Waals surface area contributed by atoms with Gasteiger partial charge < -0.3 is 15.2 Å². The van der Waals surface area contributed by atoms with Crippen LogP contribution in [0.3, 0.4) is 0 Å². The number of carbonyl (C=O) groups excluding carboxylic acids is 1. The van der Waals surface area contributed by atoms with E-state index in [4.69, 9.17) is 10.3 Å². The van der Waals surface area contributed by atoms with Crippen LogP contribution in [-0.2, 0) is 11.2 Å². The fraction of sp³-hybridized carbons (Fsp3) is 0.769. The topological polar surface area (TPSA) is 85.2 Å². The van der Waals surface area contributed by atoms with E-state index < -0.39 is 0 Å².